The standard InChI is InChI=1S/C11H13BrFN3O/c12-9-4-8(5-10(13)6-9)7-15-2-1-3-16(14)11(15)17/h4-6H,1-3,7,14H2. The molecule has 1 aromatic rings. The van der Waals surface area contributed by atoms with Gasteiger partial charge in [-0.25, -0.2) is 15.0 Å². The molecule has 6 heteroatoms. The van der Waals surface area contributed by atoms with Crippen molar-refractivity contribution in [3.8, 4) is 0 Å². The fourth-order valence-electron chi connectivity index (χ4n) is 1.87. The van der Waals surface area contributed by atoms with Gasteiger partial charge in [0.25, 0.3) is 0 Å². The van der Waals surface area contributed by atoms with Crippen molar-refractivity contribution in [1.29, 1.82) is 0 Å². The highest BCUT2D eigenvalue weighted by Crippen LogP contribution is 2.18. The van der Waals surface area contributed by atoms with Crippen LogP contribution in [0.3, 0.4) is 0 Å². The first-order chi connectivity index (χ1) is 8.06. The summed E-state index contributed by atoms with van der Waals surface area (Å²) >= 11 is 3.23. The number of halogens is 2. The lowest BCUT2D eigenvalue weighted by Crippen LogP contribution is -2.52. The van der Waals surface area contributed by atoms with E-state index in [0.29, 0.717) is 24.1 Å². The lowest BCUT2D eigenvalue weighted by Gasteiger charge is -2.32. The van der Waals surface area contributed by atoms with Crippen LogP contribution in [0.15, 0.2) is 22.7 Å². The van der Waals surface area contributed by atoms with Gasteiger partial charge in [-0.1, -0.05) is 15.9 Å². The highest BCUT2D eigenvalue weighted by molar-refractivity contribution is 9.10. The van der Waals surface area contributed by atoms with Crippen LogP contribution in [0.5, 0.6) is 0 Å². The van der Waals surface area contributed by atoms with Crippen LogP contribution in [-0.2, 0) is 6.54 Å². The van der Waals surface area contributed by atoms with Gasteiger partial charge in [-0.3, -0.25) is 5.01 Å². The van der Waals surface area contributed by atoms with Gasteiger partial charge in [-0.2, -0.15) is 0 Å². The van der Waals surface area contributed by atoms with E-state index in [1.807, 2.05) is 0 Å². The van der Waals surface area contributed by atoms with Crippen LogP contribution in [0.25, 0.3) is 0 Å². The predicted octanol–water partition coefficient (Wildman–Crippen LogP) is 2.09. The Kier molecular flexibility index (Phi) is 3.63. The molecule has 2 rings (SSSR count). The van der Waals surface area contributed by atoms with E-state index >= 15 is 0 Å². The van der Waals surface area contributed by atoms with E-state index in [-0.39, 0.29) is 11.8 Å². The molecule has 4 nitrogen and oxygen atoms in total. The quantitative estimate of drug-likeness (QED) is 0.672. The molecule has 0 spiro atoms. The molecule has 17 heavy (non-hydrogen) atoms. The topological polar surface area (TPSA) is 49.6 Å². The summed E-state index contributed by atoms with van der Waals surface area (Å²) in [6.45, 7) is 1.60. The Hall–Kier alpha value is -1.14. The summed E-state index contributed by atoms with van der Waals surface area (Å²) in [7, 11) is 0. The molecule has 92 valence electrons. The average Bonchev–Trinajstić information content (AvgIpc) is 2.23. The molecule has 1 heterocycles. The van der Waals surface area contributed by atoms with E-state index in [1.165, 1.54) is 17.1 Å². The Bertz CT molecular complexity index is 420. The second-order valence-electron chi connectivity index (χ2n) is 4.03. The minimum atomic E-state index is -0.316. The maximum atomic E-state index is 13.2. The van der Waals surface area contributed by atoms with Crippen molar-refractivity contribution in [3.63, 3.8) is 0 Å². The lowest BCUT2D eigenvalue weighted by atomic mass is 10.2. The monoisotopic (exact) mass is 301 g/mol. The lowest BCUT2D eigenvalue weighted by molar-refractivity contribution is 0.127. The summed E-state index contributed by atoms with van der Waals surface area (Å²) in [4.78, 5) is 13.3. The number of rotatable bonds is 2. The molecule has 1 fully saturated rings. The van der Waals surface area contributed by atoms with Gasteiger partial charge in [-0.05, 0) is 30.2 Å². The molecule has 0 bridgehead atoms. The number of carbonyl (C=O) groups is 1. The molecule has 0 aromatic heterocycles. The maximum absolute atomic E-state index is 13.2. The van der Waals surface area contributed by atoms with Crippen LogP contribution in [0.1, 0.15) is 12.0 Å². The molecular weight excluding hydrogens is 289 g/mol. The maximum Gasteiger partial charge on any atom is 0.334 e. The van der Waals surface area contributed by atoms with Crippen LogP contribution in [0, 0.1) is 5.82 Å². The number of nitrogens with two attached hydrogens (primary N) is 1. The Morgan fingerprint density at radius 1 is 1.35 bits per heavy atom. The fourth-order valence-corrected chi connectivity index (χ4v) is 2.39. The zero-order valence-corrected chi connectivity index (χ0v) is 10.8. The van der Waals surface area contributed by atoms with Crippen LogP contribution >= 0.6 is 15.9 Å². The zero-order valence-electron chi connectivity index (χ0n) is 9.20. The van der Waals surface area contributed by atoms with E-state index in [2.05, 4.69) is 15.9 Å². The number of nitrogens with zero attached hydrogens (tertiary/aromatic N) is 2. The number of hydrogen-bond donors (Lipinski definition) is 1. The molecule has 1 aromatic carbocycles. The molecule has 1 saturated heterocycles. The van der Waals surface area contributed by atoms with Crippen molar-refractivity contribution in [2.24, 2.45) is 5.84 Å². The van der Waals surface area contributed by atoms with Gasteiger partial charge in [0, 0.05) is 24.1 Å². The average molecular weight is 302 g/mol. The second kappa shape index (κ2) is 5.01. The zero-order chi connectivity index (χ0) is 12.4. The summed E-state index contributed by atoms with van der Waals surface area (Å²) in [5, 5.41) is 1.19. The normalized spacial score (nSPS) is 16.5. The predicted molar refractivity (Wildman–Crippen MR) is 65.4 cm³/mol. The highest BCUT2D eigenvalue weighted by Gasteiger charge is 2.23. The van der Waals surface area contributed by atoms with Gasteiger partial charge in [0.2, 0.25) is 0 Å². The van der Waals surface area contributed by atoms with Gasteiger partial charge in [0.15, 0.2) is 0 Å². The molecule has 0 unspecified atom stereocenters. The van der Waals surface area contributed by atoms with Gasteiger partial charge in [0.1, 0.15) is 5.82 Å². The summed E-state index contributed by atoms with van der Waals surface area (Å²) in [5.74, 6) is 5.22. The third kappa shape index (κ3) is 2.95. The first kappa shape index (κ1) is 12.3. The van der Waals surface area contributed by atoms with Crippen LogP contribution in [0.2, 0.25) is 0 Å². The van der Waals surface area contributed by atoms with Crippen molar-refractivity contribution in [2.75, 3.05) is 13.1 Å². The van der Waals surface area contributed by atoms with Crippen molar-refractivity contribution >= 4 is 22.0 Å². The Morgan fingerprint density at radius 3 is 2.82 bits per heavy atom. The minimum Gasteiger partial charge on any atom is -0.319 e. The van der Waals surface area contributed by atoms with E-state index in [9.17, 15) is 9.18 Å². The second-order valence-corrected chi connectivity index (χ2v) is 4.94. The number of amides is 2. The van der Waals surface area contributed by atoms with Crippen LogP contribution < -0.4 is 5.84 Å². The molecule has 0 radical (unpaired) electrons. The first-order valence-electron chi connectivity index (χ1n) is 5.32. The van der Waals surface area contributed by atoms with E-state index < -0.39 is 0 Å². The van der Waals surface area contributed by atoms with Gasteiger partial charge >= 0.3 is 6.03 Å². The summed E-state index contributed by atoms with van der Waals surface area (Å²) in [6, 6.07) is 4.40. The van der Waals surface area contributed by atoms with Crippen molar-refractivity contribution in [1.82, 2.24) is 9.91 Å². The smallest absolute Gasteiger partial charge is 0.319 e. The minimum absolute atomic E-state index is 0.211. The molecule has 0 saturated carbocycles. The van der Waals surface area contributed by atoms with Gasteiger partial charge in [-0.15, -0.1) is 0 Å². The highest BCUT2D eigenvalue weighted by atomic mass is 79.9. The molecule has 0 aliphatic carbocycles. The third-order valence-corrected chi connectivity index (χ3v) is 3.10. The number of carbonyl (C=O) groups excluding carboxylic acids is 1. The molecule has 0 atom stereocenters. The van der Waals surface area contributed by atoms with Crippen molar-refractivity contribution < 1.29 is 9.18 Å². The van der Waals surface area contributed by atoms with E-state index in [0.717, 1.165) is 12.0 Å². The summed E-state index contributed by atoms with van der Waals surface area (Å²) in [5.41, 5.74) is 0.750. The van der Waals surface area contributed by atoms with Crippen molar-refractivity contribution in [3.05, 3.63) is 34.1 Å². The van der Waals surface area contributed by atoms with Crippen molar-refractivity contribution in [2.45, 2.75) is 13.0 Å². The fraction of sp³-hybridized carbons (Fsp3) is 0.364. The number of urea groups is 1. The largest absolute Gasteiger partial charge is 0.334 e. The van der Waals surface area contributed by atoms with Gasteiger partial charge < -0.3 is 4.90 Å². The number of hydrogen-bond acceptors (Lipinski definition) is 2. The molecule has 1 aliphatic rings. The third-order valence-electron chi connectivity index (χ3n) is 2.64. The summed E-state index contributed by atoms with van der Waals surface area (Å²) in [6.07, 6.45) is 0.832. The molecule has 2 amide bonds. The Morgan fingerprint density at radius 2 is 2.12 bits per heavy atom. The Balaban J connectivity index is 2.12. The van der Waals surface area contributed by atoms with E-state index in [1.54, 1.807) is 11.0 Å². The van der Waals surface area contributed by atoms with E-state index in [4.69, 9.17) is 5.84 Å². The molecule has 2 N–H and O–H groups in total. The first-order valence-corrected chi connectivity index (χ1v) is 6.11. The number of benzene rings is 1. The van der Waals surface area contributed by atoms with Gasteiger partial charge in [0.05, 0.1) is 0 Å². The van der Waals surface area contributed by atoms with Crippen LogP contribution in [-0.4, -0.2) is 29.0 Å². The number of hydrazine groups is 1. The Labute approximate surface area is 107 Å². The summed E-state index contributed by atoms with van der Waals surface area (Å²) < 4.78 is 13.9. The molecule has 1 aliphatic heterocycles. The molecular formula is C11H13BrFN3O. The van der Waals surface area contributed by atoms with Crippen LogP contribution in [0.4, 0.5) is 9.18 Å². The SMILES string of the molecule is NN1CCCN(Cc2cc(F)cc(Br)c2)C1=O.